The fraction of sp³-hybridized carbons (Fsp3) is 0.269. The fourth-order valence-electron chi connectivity index (χ4n) is 3.62. The molecular weight excluding hydrogens is 544 g/mol. The Morgan fingerprint density at radius 3 is 2.26 bits per heavy atom. The smallest absolute Gasteiger partial charge is 0.340 e. The summed E-state index contributed by atoms with van der Waals surface area (Å²) in [4.78, 5) is 4.01. The molecule has 0 atom stereocenters. The summed E-state index contributed by atoms with van der Waals surface area (Å²) in [6.45, 7) is 4.23. The van der Waals surface area contributed by atoms with Gasteiger partial charge in [0.15, 0.2) is 0 Å². The zero-order valence-corrected chi connectivity index (χ0v) is 23.3. The van der Waals surface area contributed by atoms with Crippen LogP contribution < -0.4 is 25.1 Å². The average Bonchev–Trinajstić information content (AvgIpc) is 2.86. The molecule has 0 aliphatic rings. The van der Waals surface area contributed by atoms with Crippen molar-refractivity contribution in [3.05, 3.63) is 83.4 Å². The molecule has 0 unspecified atom stereocenters. The minimum Gasteiger partial charge on any atom is -0.493 e. The van der Waals surface area contributed by atoms with Crippen LogP contribution >= 0.6 is 0 Å². The molecule has 3 aromatic rings. The van der Waals surface area contributed by atoms with Gasteiger partial charge in [-0.2, -0.15) is 8.42 Å². The molecule has 5 N–H and O–H groups in total. The Balaban J connectivity index is 1.72. The van der Waals surface area contributed by atoms with E-state index in [1.807, 2.05) is 31.2 Å². The summed E-state index contributed by atoms with van der Waals surface area (Å²) >= 11 is 0. The van der Waals surface area contributed by atoms with Crippen molar-refractivity contribution in [2.45, 2.75) is 36.5 Å². The molecule has 0 fully saturated rings. The van der Waals surface area contributed by atoms with E-state index in [9.17, 15) is 16.8 Å². The lowest BCUT2D eigenvalue weighted by molar-refractivity contribution is 0.127. The first-order valence-electron chi connectivity index (χ1n) is 12.0. The number of hydrogen-bond acceptors (Lipinski definition) is 8. The minimum atomic E-state index is -4.52. The zero-order valence-electron chi connectivity index (χ0n) is 21.7. The Hall–Kier alpha value is -3.81. The van der Waals surface area contributed by atoms with Crippen molar-refractivity contribution in [2.75, 3.05) is 19.8 Å². The lowest BCUT2D eigenvalue weighted by atomic mass is 10.1. The van der Waals surface area contributed by atoms with Crippen LogP contribution in [0.3, 0.4) is 0 Å². The molecule has 0 radical (unpaired) electrons. The molecule has 0 aromatic heterocycles. The molecule has 0 spiro atoms. The quantitative estimate of drug-likeness (QED) is 0.0857. The summed E-state index contributed by atoms with van der Waals surface area (Å²) in [5, 5.41) is 3.41. The van der Waals surface area contributed by atoms with Crippen molar-refractivity contribution in [2.24, 2.45) is 16.6 Å². The van der Waals surface area contributed by atoms with E-state index in [1.165, 1.54) is 36.4 Å². The Bertz CT molecular complexity index is 1520. The van der Waals surface area contributed by atoms with E-state index >= 15 is 0 Å². The molecule has 3 rings (SSSR count). The van der Waals surface area contributed by atoms with Crippen molar-refractivity contribution in [3.8, 4) is 11.5 Å². The van der Waals surface area contributed by atoms with Crippen molar-refractivity contribution in [1.82, 2.24) is 4.72 Å². The van der Waals surface area contributed by atoms with Crippen molar-refractivity contribution in [3.63, 3.8) is 0 Å². The second-order valence-corrected chi connectivity index (χ2v) is 11.8. The van der Waals surface area contributed by atoms with Crippen LogP contribution in [0.15, 0.2) is 81.7 Å². The molecule has 13 heteroatoms. The Morgan fingerprint density at radius 2 is 1.54 bits per heavy atom. The number of sulfonamides is 1. The summed E-state index contributed by atoms with van der Waals surface area (Å²) < 4.78 is 66.1. The van der Waals surface area contributed by atoms with Crippen molar-refractivity contribution >= 4 is 26.1 Å². The number of aryl methyl sites for hydroxylation is 2. The molecule has 3 aromatic carbocycles. The van der Waals surface area contributed by atoms with E-state index in [-0.39, 0.29) is 31.5 Å². The number of guanidine groups is 1. The predicted molar refractivity (Wildman–Crippen MR) is 147 cm³/mol. The maximum Gasteiger partial charge on any atom is 0.340 e. The molecule has 210 valence electrons. The second-order valence-electron chi connectivity index (χ2n) is 8.59. The maximum absolute atomic E-state index is 13.2. The topological polar surface area (TPSA) is 172 Å². The normalized spacial score (nSPS) is 11.5. The standard InChI is InChI=1S/C26H32N4O7S2/c1-19-16-22(35-14-7-15-36-30-26(27)28)18-23(17-19)37-39(33,34)25-11-6-5-10-24(25)38(31,32)29-13-12-21-9-4-3-8-20(21)2/h3-6,8-11,16-18,29H,7,12-15H2,1-2H3,(H4,27,28,30). The number of nitrogens with one attached hydrogen (secondary N) is 1. The molecule has 0 amide bonds. The van der Waals surface area contributed by atoms with E-state index < -0.39 is 29.9 Å². The van der Waals surface area contributed by atoms with Crippen molar-refractivity contribution < 1.29 is 30.6 Å². The number of rotatable bonds is 14. The summed E-state index contributed by atoms with van der Waals surface area (Å²) in [5.74, 6) is 0.146. The van der Waals surface area contributed by atoms with Crippen LogP contribution in [0.2, 0.25) is 0 Å². The molecule has 0 saturated heterocycles. The summed E-state index contributed by atoms with van der Waals surface area (Å²) in [6, 6.07) is 17.5. The molecule has 39 heavy (non-hydrogen) atoms. The Kier molecular flexibility index (Phi) is 10.2. The van der Waals surface area contributed by atoms with E-state index in [0.29, 0.717) is 24.2 Å². The van der Waals surface area contributed by atoms with Gasteiger partial charge < -0.3 is 25.2 Å². The van der Waals surface area contributed by atoms with Gasteiger partial charge in [0.2, 0.25) is 16.0 Å². The van der Waals surface area contributed by atoms with Gasteiger partial charge in [-0.25, -0.2) is 13.1 Å². The van der Waals surface area contributed by atoms with Gasteiger partial charge in [-0.1, -0.05) is 36.4 Å². The van der Waals surface area contributed by atoms with Gasteiger partial charge in [-0.3, -0.25) is 0 Å². The number of hydrogen-bond donors (Lipinski definition) is 3. The predicted octanol–water partition coefficient (Wildman–Crippen LogP) is 2.57. The van der Waals surface area contributed by atoms with Crippen LogP contribution in [0.25, 0.3) is 0 Å². The Labute approximate surface area is 228 Å². The first-order chi connectivity index (χ1) is 18.5. The molecule has 0 aliphatic carbocycles. The molecule has 0 aliphatic heterocycles. The van der Waals surface area contributed by atoms with Gasteiger partial charge in [0.05, 0.1) is 6.61 Å². The number of nitrogens with two attached hydrogens (primary N) is 2. The van der Waals surface area contributed by atoms with Crippen LogP contribution in [0.5, 0.6) is 11.5 Å². The number of oxime groups is 1. The van der Waals surface area contributed by atoms with Crippen LogP contribution in [0, 0.1) is 13.8 Å². The lowest BCUT2D eigenvalue weighted by Gasteiger charge is -2.14. The summed E-state index contributed by atoms with van der Waals surface area (Å²) in [7, 11) is -8.68. The molecular formula is C26H32N4O7S2. The highest BCUT2D eigenvalue weighted by molar-refractivity contribution is 7.91. The fourth-order valence-corrected chi connectivity index (χ4v) is 6.37. The monoisotopic (exact) mass is 576 g/mol. The molecule has 0 heterocycles. The average molecular weight is 577 g/mol. The second kappa shape index (κ2) is 13.3. The third-order valence-electron chi connectivity index (χ3n) is 5.40. The first kappa shape index (κ1) is 29.7. The van der Waals surface area contributed by atoms with Gasteiger partial charge >= 0.3 is 10.1 Å². The SMILES string of the molecule is Cc1cc(OCCCON=C(N)N)cc(OS(=O)(=O)c2ccccc2S(=O)(=O)NCCc2ccccc2C)c1. The molecule has 11 nitrogen and oxygen atoms in total. The largest absolute Gasteiger partial charge is 0.493 e. The van der Waals surface area contributed by atoms with Gasteiger partial charge in [0.1, 0.15) is 27.9 Å². The third kappa shape index (κ3) is 8.87. The summed E-state index contributed by atoms with van der Waals surface area (Å²) in [6.07, 6.45) is 0.908. The van der Waals surface area contributed by atoms with E-state index in [4.69, 9.17) is 25.2 Å². The number of nitrogens with zero attached hydrogens (tertiary/aromatic N) is 1. The van der Waals surface area contributed by atoms with Gasteiger partial charge in [0, 0.05) is 19.0 Å². The number of ether oxygens (including phenoxy) is 1. The lowest BCUT2D eigenvalue weighted by Crippen LogP contribution is -2.28. The van der Waals surface area contributed by atoms with E-state index in [2.05, 4.69) is 9.88 Å². The van der Waals surface area contributed by atoms with Crippen LogP contribution in [0.4, 0.5) is 0 Å². The van der Waals surface area contributed by atoms with Gasteiger partial charge in [-0.15, -0.1) is 0 Å². The minimum absolute atomic E-state index is 0.0264. The number of benzene rings is 3. The highest BCUT2D eigenvalue weighted by Gasteiger charge is 2.28. The first-order valence-corrected chi connectivity index (χ1v) is 14.9. The van der Waals surface area contributed by atoms with Crippen LogP contribution in [-0.2, 0) is 31.4 Å². The van der Waals surface area contributed by atoms with Crippen LogP contribution in [0.1, 0.15) is 23.1 Å². The van der Waals surface area contributed by atoms with Crippen LogP contribution in [-0.4, -0.2) is 42.6 Å². The highest BCUT2D eigenvalue weighted by Crippen LogP contribution is 2.28. The highest BCUT2D eigenvalue weighted by atomic mass is 32.2. The zero-order chi connectivity index (χ0) is 28.5. The summed E-state index contributed by atoms with van der Waals surface area (Å²) in [5.41, 5.74) is 13.1. The maximum atomic E-state index is 13.2. The van der Waals surface area contributed by atoms with Gasteiger partial charge in [-0.05, 0) is 66.4 Å². The molecule has 0 saturated carbocycles. The molecule has 0 bridgehead atoms. The van der Waals surface area contributed by atoms with Crippen molar-refractivity contribution in [1.29, 1.82) is 0 Å². The Morgan fingerprint density at radius 1 is 0.872 bits per heavy atom. The van der Waals surface area contributed by atoms with E-state index in [1.54, 1.807) is 13.0 Å². The third-order valence-corrected chi connectivity index (χ3v) is 8.36. The van der Waals surface area contributed by atoms with E-state index in [0.717, 1.165) is 11.1 Å². The van der Waals surface area contributed by atoms with Gasteiger partial charge in [0.25, 0.3) is 0 Å².